The lowest BCUT2D eigenvalue weighted by molar-refractivity contribution is -0.136. The first-order valence-electron chi connectivity index (χ1n) is 8.12. The molecule has 0 aromatic heterocycles. The molecule has 0 bridgehead atoms. The van der Waals surface area contributed by atoms with Gasteiger partial charge >= 0.3 is 0 Å². The van der Waals surface area contributed by atoms with E-state index in [4.69, 9.17) is 9.47 Å². The molecule has 2 fully saturated rings. The van der Waals surface area contributed by atoms with Crippen molar-refractivity contribution in [3.63, 3.8) is 0 Å². The van der Waals surface area contributed by atoms with E-state index >= 15 is 0 Å². The molecule has 1 aromatic carbocycles. The maximum Gasteiger partial charge on any atom is 0.139 e. The molecule has 0 N–H and O–H groups in total. The second kappa shape index (κ2) is 6.61. The van der Waals surface area contributed by atoms with Gasteiger partial charge < -0.3 is 9.47 Å². The fourth-order valence-corrected chi connectivity index (χ4v) is 3.66. The molecule has 3 heteroatoms. The summed E-state index contributed by atoms with van der Waals surface area (Å²) in [5.41, 5.74) is 0.0267. The van der Waals surface area contributed by atoms with Crippen LogP contribution in [0.25, 0.3) is 0 Å². The molecule has 1 unspecified atom stereocenters. The molecule has 0 amide bonds. The van der Waals surface area contributed by atoms with Crippen LogP contribution in [-0.2, 0) is 9.53 Å². The highest BCUT2D eigenvalue weighted by molar-refractivity contribution is 5.81. The van der Waals surface area contributed by atoms with Crippen LogP contribution in [0.5, 0.6) is 5.75 Å². The molecule has 1 aromatic rings. The van der Waals surface area contributed by atoms with E-state index in [1.165, 1.54) is 12.8 Å². The molecule has 1 saturated heterocycles. The topological polar surface area (TPSA) is 35.5 Å². The van der Waals surface area contributed by atoms with Crippen molar-refractivity contribution >= 4 is 5.78 Å². The van der Waals surface area contributed by atoms with Gasteiger partial charge in [-0.1, -0.05) is 31.0 Å². The Kier molecular flexibility index (Phi) is 4.59. The quantitative estimate of drug-likeness (QED) is 0.827. The van der Waals surface area contributed by atoms with Crippen LogP contribution < -0.4 is 4.74 Å². The van der Waals surface area contributed by atoms with E-state index in [-0.39, 0.29) is 11.5 Å². The summed E-state index contributed by atoms with van der Waals surface area (Å²) < 4.78 is 11.6. The molecule has 1 atom stereocenters. The number of hydrogen-bond acceptors (Lipinski definition) is 3. The molecule has 3 rings (SSSR count). The monoisotopic (exact) mass is 288 g/mol. The first kappa shape index (κ1) is 14.6. The lowest BCUT2D eigenvalue weighted by Crippen LogP contribution is -2.40. The van der Waals surface area contributed by atoms with Crippen molar-refractivity contribution in [3.05, 3.63) is 30.3 Å². The van der Waals surface area contributed by atoms with Gasteiger partial charge in [0.1, 0.15) is 11.5 Å². The van der Waals surface area contributed by atoms with Gasteiger partial charge in [0.2, 0.25) is 0 Å². The normalized spacial score (nSPS) is 24.1. The Morgan fingerprint density at radius 2 is 2.00 bits per heavy atom. The minimum atomic E-state index is 0.0267. The third-order valence-corrected chi connectivity index (χ3v) is 4.82. The molecule has 2 aliphatic rings. The summed E-state index contributed by atoms with van der Waals surface area (Å²) in [5, 5.41) is 0. The molecule has 0 radical (unpaired) electrons. The van der Waals surface area contributed by atoms with Gasteiger partial charge in [-0.3, -0.25) is 4.79 Å². The third kappa shape index (κ3) is 3.65. The molecule has 1 heterocycles. The average Bonchev–Trinajstić information content (AvgIpc) is 2.96. The van der Waals surface area contributed by atoms with Gasteiger partial charge in [0.05, 0.1) is 12.2 Å². The fourth-order valence-electron chi connectivity index (χ4n) is 3.66. The zero-order valence-corrected chi connectivity index (χ0v) is 12.6. The smallest absolute Gasteiger partial charge is 0.139 e. The van der Waals surface area contributed by atoms with Crippen LogP contribution in [-0.4, -0.2) is 24.6 Å². The van der Waals surface area contributed by atoms with E-state index in [2.05, 4.69) is 0 Å². The minimum Gasteiger partial charge on any atom is -0.493 e. The number of para-hydroxylation sites is 1. The molecule has 1 aliphatic carbocycles. The predicted octanol–water partition coefficient (Wildman–Crippen LogP) is 3.76. The van der Waals surface area contributed by atoms with Gasteiger partial charge in [0.25, 0.3) is 0 Å². The van der Waals surface area contributed by atoms with Crippen LogP contribution in [0.2, 0.25) is 0 Å². The van der Waals surface area contributed by atoms with Crippen LogP contribution in [0, 0.1) is 5.92 Å². The van der Waals surface area contributed by atoms with Crippen molar-refractivity contribution in [2.24, 2.45) is 5.92 Å². The second-order valence-corrected chi connectivity index (χ2v) is 6.31. The summed E-state index contributed by atoms with van der Waals surface area (Å²) in [6, 6.07) is 9.69. The fraction of sp³-hybridized carbons (Fsp3) is 0.611. The average molecular weight is 288 g/mol. The first-order chi connectivity index (χ1) is 10.3. The lowest BCUT2D eigenvalue weighted by Gasteiger charge is -2.37. The summed E-state index contributed by atoms with van der Waals surface area (Å²) in [6.45, 7) is 1.23. The van der Waals surface area contributed by atoms with Gasteiger partial charge in [0, 0.05) is 18.9 Å². The van der Waals surface area contributed by atoms with Gasteiger partial charge in [-0.25, -0.2) is 0 Å². The van der Waals surface area contributed by atoms with Crippen molar-refractivity contribution in [3.8, 4) is 5.75 Å². The highest BCUT2D eigenvalue weighted by atomic mass is 16.5. The molecule has 1 aliphatic heterocycles. The van der Waals surface area contributed by atoms with Crippen LogP contribution in [0.4, 0.5) is 0 Å². The minimum absolute atomic E-state index is 0.0267. The summed E-state index contributed by atoms with van der Waals surface area (Å²) >= 11 is 0. The number of ether oxygens (including phenoxy) is 2. The summed E-state index contributed by atoms with van der Waals surface area (Å²) in [7, 11) is 0. The van der Waals surface area contributed by atoms with Crippen molar-refractivity contribution in [2.45, 2.75) is 50.5 Å². The van der Waals surface area contributed by atoms with Crippen LogP contribution in [0.15, 0.2) is 30.3 Å². The second-order valence-electron chi connectivity index (χ2n) is 6.31. The van der Waals surface area contributed by atoms with Gasteiger partial charge in [-0.2, -0.15) is 0 Å². The van der Waals surface area contributed by atoms with E-state index < -0.39 is 0 Å². The number of carbonyl (C=O) groups excluding carboxylic acids is 1. The molecule has 1 spiro atoms. The lowest BCUT2D eigenvalue weighted by atomic mass is 9.82. The molecule has 3 nitrogen and oxygen atoms in total. The summed E-state index contributed by atoms with van der Waals surface area (Å²) in [4.78, 5) is 12.4. The molecule has 1 saturated carbocycles. The Hall–Kier alpha value is -1.35. The van der Waals surface area contributed by atoms with E-state index in [0.717, 1.165) is 38.0 Å². The Bertz CT molecular complexity index is 463. The number of rotatable bonds is 5. The van der Waals surface area contributed by atoms with Crippen LogP contribution >= 0.6 is 0 Å². The summed E-state index contributed by atoms with van der Waals surface area (Å²) in [6.07, 6.45) is 7.09. The molecule has 114 valence electrons. The Balaban J connectivity index is 1.46. The van der Waals surface area contributed by atoms with E-state index in [1.807, 2.05) is 30.3 Å². The van der Waals surface area contributed by atoms with Gasteiger partial charge in [0.15, 0.2) is 0 Å². The highest BCUT2D eigenvalue weighted by Crippen LogP contribution is 2.42. The standard InChI is InChI=1S/C18H24O3/c19-17(9-12-20-16-6-2-1-3-7-16)15-8-13-21-18(14-15)10-4-5-11-18/h1-3,6-7,15H,4-5,8-14H2. The Morgan fingerprint density at radius 1 is 1.24 bits per heavy atom. The highest BCUT2D eigenvalue weighted by Gasteiger charge is 2.41. The maximum atomic E-state index is 12.4. The Morgan fingerprint density at radius 3 is 2.76 bits per heavy atom. The van der Waals surface area contributed by atoms with Crippen molar-refractivity contribution in [1.82, 2.24) is 0 Å². The zero-order valence-electron chi connectivity index (χ0n) is 12.6. The number of benzene rings is 1. The molecular formula is C18H24O3. The van der Waals surface area contributed by atoms with Crippen molar-refractivity contribution in [2.75, 3.05) is 13.2 Å². The number of Topliss-reactive ketones (excluding diaryl/α,β-unsaturated/α-hetero) is 1. The van der Waals surface area contributed by atoms with Crippen molar-refractivity contribution in [1.29, 1.82) is 0 Å². The molecule has 21 heavy (non-hydrogen) atoms. The molecular weight excluding hydrogens is 264 g/mol. The van der Waals surface area contributed by atoms with Crippen LogP contribution in [0.3, 0.4) is 0 Å². The van der Waals surface area contributed by atoms with E-state index in [1.54, 1.807) is 0 Å². The SMILES string of the molecule is O=C(CCOc1ccccc1)C1CCOC2(CCCC2)C1. The number of carbonyl (C=O) groups is 1. The van der Waals surface area contributed by atoms with Gasteiger partial charge in [-0.05, 0) is 37.8 Å². The Labute approximate surface area is 126 Å². The predicted molar refractivity (Wildman–Crippen MR) is 81.4 cm³/mol. The van der Waals surface area contributed by atoms with Gasteiger partial charge in [-0.15, -0.1) is 0 Å². The summed E-state index contributed by atoms with van der Waals surface area (Å²) in [5.74, 6) is 1.36. The maximum absolute atomic E-state index is 12.4. The van der Waals surface area contributed by atoms with Crippen molar-refractivity contribution < 1.29 is 14.3 Å². The largest absolute Gasteiger partial charge is 0.493 e. The third-order valence-electron chi connectivity index (χ3n) is 4.82. The zero-order chi connectivity index (χ0) is 14.5. The number of ketones is 1. The van der Waals surface area contributed by atoms with E-state index in [0.29, 0.717) is 18.8 Å². The van der Waals surface area contributed by atoms with Crippen LogP contribution in [0.1, 0.15) is 44.9 Å². The first-order valence-corrected chi connectivity index (χ1v) is 8.12. The number of hydrogen-bond donors (Lipinski definition) is 0. The van der Waals surface area contributed by atoms with E-state index in [9.17, 15) is 4.79 Å².